The number of amides is 1. The summed E-state index contributed by atoms with van der Waals surface area (Å²) in [5, 5.41) is 2.28. The average molecular weight is 345 g/mol. The van der Waals surface area contributed by atoms with Crippen LogP contribution in [0.2, 0.25) is 0 Å². The van der Waals surface area contributed by atoms with Crippen LogP contribution in [0.15, 0.2) is 34.4 Å². The molecule has 0 aliphatic rings. The number of hydrogen-bond acceptors (Lipinski definition) is 4. The van der Waals surface area contributed by atoms with Gasteiger partial charge in [0, 0.05) is 10.3 Å². The van der Waals surface area contributed by atoms with E-state index in [4.69, 9.17) is 12.2 Å². The van der Waals surface area contributed by atoms with Crippen molar-refractivity contribution in [1.82, 2.24) is 9.66 Å². The van der Waals surface area contributed by atoms with Crippen LogP contribution in [0.3, 0.4) is 0 Å². The Morgan fingerprint density at radius 2 is 2.13 bits per heavy atom. The molecular weight excluding hydrogens is 330 g/mol. The SMILES string of the molecule is CCc1c(C(=O)Nn2c(=S)[nH]c3ccccc3c2=O)csc1C. The number of rotatable bonds is 3. The molecule has 3 aromatic rings. The first-order valence-corrected chi connectivity index (χ1v) is 8.44. The van der Waals surface area contributed by atoms with Crippen molar-refractivity contribution in [1.29, 1.82) is 0 Å². The van der Waals surface area contributed by atoms with E-state index in [1.807, 2.05) is 25.3 Å². The van der Waals surface area contributed by atoms with E-state index in [1.54, 1.807) is 18.2 Å². The van der Waals surface area contributed by atoms with Crippen molar-refractivity contribution in [3.63, 3.8) is 0 Å². The first-order chi connectivity index (χ1) is 11.0. The van der Waals surface area contributed by atoms with Gasteiger partial charge in [0.1, 0.15) is 0 Å². The molecule has 0 aliphatic carbocycles. The second-order valence-electron chi connectivity index (χ2n) is 5.09. The maximum absolute atomic E-state index is 12.5. The van der Waals surface area contributed by atoms with E-state index >= 15 is 0 Å². The maximum atomic E-state index is 12.5. The van der Waals surface area contributed by atoms with Crippen molar-refractivity contribution in [3.8, 4) is 0 Å². The van der Waals surface area contributed by atoms with Gasteiger partial charge in [-0.15, -0.1) is 11.3 Å². The van der Waals surface area contributed by atoms with Gasteiger partial charge >= 0.3 is 0 Å². The van der Waals surface area contributed by atoms with Gasteiger partial charge < -0.3 is 4.98 Å². The fraction of sp³-hybridized carbons (Fsp3) is 0.188. The van der Waals surface area contributed by atoms with Crippen LogP contribution in [-0.2, 0) is 6.42 Å². The minimum Gasteiger partial charge on any atom is -0.330 e. The van der Waals surface area contributed by atoms with Crippen LogP contribution < -0.4 is 11.0 Å². The zero-order valence-electron chi connectivity index (χ0n) is 12.7. The summed E-state index contributed by atoms with van der Waals surface area (Å²) >= 11 is 6.72. The molecule has 2 N–H and O–H groups in total. The number of carbonyl (C=O) groups excluding carboxylic acids is 1. The summed E-state index contributed by atoms with van der Waals surface area (Å²) in [6.45, 7) is 3.98. The Morgan fingerprint density at radius 1 is 1.39 bits per heavy atom. The number of para-hydroxylation sites is 1. The molecule has 3 rings (SSSR count). The molecule has 0 unspecified atom stereocenters. The lowest BCUT2D eigenvalue weighted by molar-refractivity contribution is 0.101. The molecule has 0 fully saturated rings. The van der Waals surface area contributed by atoms with Crippen molar-refractivity contribution in [2.45, 2.75) is 20.3 Å². The van der Waals surface area contributed by atoms with Gasteiger partial charge in [-0.25, -0.2) is 0 Å². The second-order valence-corrected chi connectivity index (χ2v) is 6.57. The Morgan fingerprint density at radius 3 is 2.87 bits per heavy atom. The average Bonchev–Trinajstić information content (AvgIpc) is 2.92. The summed E-state index contributed by atoms with van der Waals surface area (Å²) in [5.74, 6) is -0.330. The Kier molecular flexibility index (Phi) is 4.14. The van der Waals surface area contributed by atoms with E-state index in [0.717, 1.165) is 21.5 Å². The van der Waals surface area contributed by atoms with Crippen LogP contribution in [0, 0.1) is 11.7 Å². The molecule has 23 heavy (non-hydrogen) atoms. The predicted molar refractivity (Wildman–Crippen MR) is 95.5 cm³/mol. The number of carbonyl (C=O) groups is 1. The number of thiophene rings is 1. The lowest BCUT2D eigenvalue weighted by Crippen LogP contribution is -2.34. The molecule has 0 saturated heterocycles. The van der Waals surface area contributed by atoms with Crippen molar-refractivity contribution in [2.75, 3.05) is 5.43 Å². The number of nitrogens with zero attached hydrogens (tertiary/aromatic N) is 1. The van der Waals surface area contributed by atoms with Gasteiger partial charge in [-0.1, -0.05) is 19.1 Å². The van der Waals surface area contributed by atoms with Gasteiger partial charge in [-0.3, -0.25) is 15.0 Å². The molecule has 1 aromatic carbocycles. The standard InChI is InChI=1S/C16H15N3O2S2/c1-3-10-9(2)23-8-12(10)14(20)18-19-15(21)11-6-4-5-7-13(11)17-16(19)22/h4-8H,3H2,1-2H3,(H,17,22)(H,18,20). The molecule has 7 heteroatoms. The number of fused-ring (bicyclic) bond motifs is 1. The van der Waals surface area contributed by atoms with Crippen LogP contribution in [0.5, 0.6) is 0 Å². The van der Waals surface area contributed by atoms with E-state index < -0.39 is 0 Å². The van der Waals surface area contributed by atoms with E-state index in [0.29, 0.717) is 16.5 Å². The van der Waals surface area contributed by atoms with E-state index in [2.05, 4.69) is 10.4 Å². The topological polar surface area (TPSA) is 66.9 Å². The third-order valence-corrected chi connectivity index (χ3v) is 4.96. The first kappa shape index (κ1) is 15.6. The zero-order valence-corrected chi connectivity index (χ0v) is 14.3. The smallest absolute Gasteiger partial charge is 0.281 e. The Labute approximate surface area is 141 Å². The fourth-order valence-electron chi connectivity index (χ4n) is 2.53. The molecule has 2 aromatic heterocycles. The minimum atomic E-state index is -0.345. The summed E-state index contributed by atoms with van der Waals surface area (Å²) in [7, 11) is 0. The quantitative estimate of drug-likeness (QED) is 0.715. The zero-order chi connectivity index (χ0) is 16.6. The highest BCUT2D eigenvalue weighted by atomic mass is 32.1. The normalized spacial score (nSPS) is 10.9. The summed E-state index contributed by atoms with van der Waals surface area (Å²) in [6, 6.07) is 7.05. The molecule has 5 nitrogen and oxygen atoms in total. The molecule has 0 spiro atoms. The van der Waals surface area contributed by atoms with Crippen LogP contribution in [-0.4, -0.2) is 15.6 Å². The first-order valence-electron chi connectivity index (χ1n) is 7.15. The van der Waals surface area contributed by atoms with Crippen molar-refractivity contribution >= 4 is 40.4 Å². The lowest BCUT2D eigenvalue weighted by atomic mass is 10.1. The maximum Gasteiger partial charge on any atom is 0.281 e. The number of aromatic amines is 1. The number of aromatic nitrogens is 2. The molecule has 0 saturated carbocycles. The Hall–Kier alpha value is -2.25. The van der Waals surface area contributed by atoms with Gasteiger partial charge in [0.25, 0.3) is 11.5 Å². The Bertz CT molecular complexity index is 1010. The van der Waals surface area contributed by atoms with Crippen molar-refractivity contribution in [2.24, 2.45) is 0 Å². The van der Waals surface area contributed by atoms with E-state index in [9.17, 15) is 9.59 Å². The number of nitrogens with one attached hydrogen (secondary N) is 2. The van der Waals surface area contributed by atoms with Crippen molar-refractivity contribution < 1.29 is 4.79 Å². The molecule has 0 radical (unpaired) electrons. The number of benzene rings is 1. The third kappa shape index (κ3) is 2.73. The highest BCUT2D eigenvalue weighted by Gasteiger charge is 2.16. The third-order valence-electron chi connectivity index (χ3n) is 3.72. The number of hydrogen-bond donors (Lipinski definition) is 2. The van der Waals surface area contributed by atoms with Gasteiger partial charge in [-0.05, 0) is 43.3 Å². The molecule has 118 valence electrons. The van der Waals surface area contributed by atoms with Gasteiger partial charge in [0.05, 0.1) is 16.5 Å². The van der Waals surface area contributed by atoms with Gasteiger partial charge in [-0.2, -0.15) is 4.68 Å². The number of aryl methyl sites for hydroxylation is 1. The van der Waals surface area contributed by atoms with Crippen LogP contribution in [0.25, 0.3) is 10.9 Å². The minimum absolute atomic E-state index is 0.159. The monoisotopic (exact) mass is 345 g/mol. The van der Waals surface area contributed by atoms with Crippen LogP contribution in [0.1, 0.15) is 27.7 Å². The van der Waals surface area contributed by atoms with E-state index in [1.165, 1.54) is 11.3 Å². The lowest BCUT2D eigenvalue weighted by Gasteiger charge is -2.10. The molecule has 0 atom stereocenters. The molecule has 1 amide bonds. The predicted octanol–water partition coefficient (Wildman–Crippen LogP) is 3.38. The summed E-state index contributed by atoms with van der Waals surface area (Å²) < 4.78 is 1.25. The van der Waals surface area contributed by atoms with E-state index in [-0.39, 0.29) is 16.2 Å². The molecule has 0 aliphatic heterocycles. The largest absolute Gasteiger partial charge is 0.330 e. The summed E-state index contributed by atoms with van der Waals surface area (Å²) in [4.78, 5) is 29.1. The number of H-pyrrole nitrogens is 1. The highest BCUT2D eigenvalue weighted by Crippen LogP contribution is 2.22. The van der Waals surface area contributed by atoms with Crippen LogP contribution >= 0.6 is 23.6 Å². The van der Waals surface area contributed by atoms with Crippen LogP contribution in [0.4, 0.5) is 0 Å². The van der Waals surface area contributed by atoms with Gasteiger partial charge in [0.15, 0.2) is 4.77 Å². The second kappa shape index (κ2) is 6.10. The van der Waals surface area contributed by atoms with Gasteiger partial charge in [0.2, 0.25) is 0 Å². The van der Waals surface area contributed by atoms with Crippen molar-refractivity contribution in [3.05, 3.63) is 60.8 Å². The fourth-order valence-corrected chi connectivity index (χ4v) is 3.71. The highest BCUT2D eigenvalue weighted by molar-refractivity contribution is 7.71. The Balaban J connectivity index is 2.06. The summed E-state index contributed by atoms with van der Waals surface area (Å²) in [6.07, 6.45) is 0.761. The summed E-state index contributed by atoms with van der Waals surface area (Å²) in [5.41, 5.74) is 4.50. The molecule has 0 bridgehead atoms. The molecular formula is C16H15N3O2S2. The molecule has 2 heterocycles.